The second-order valence-corrected chi connectivity index (χ2v) is 10.2. The topological polar surface area (TPSA) is 40.6 Å². The van der Waals surface area contributed by atoms with Crippen molar-refractivity contribution in [1.29, 1.82) is 0 Å². The highest BCUT2D eigenvalue weighted by atomic mass is 32.2. The Morgan fingerprint density at radius 3 is 1.68 bits per heavy atom. The highest BCUT2D eigenvalue weighted by molar-refractivity contribution is 7.91. The zero-order valence-electron chi connectivity index (χ0n) is 18.8. The molecule has 0 radical (unpaired) electrons. The number of hydrogen-bond donors (Lipinski definition) is 0. The molecule has 3 rings (SSSR count). The van der Waals surface area contributed by atoms with Crippen LogP contribution in [0.3, 0.4) is 0 Å². The van der Waals surface area contributed by atoms with Gasteiger partial charge >= 0.3 is 0 Å². The molecule has 0 fully saturated rings. The monoisotopic (exact) mass is 434 g/mol. The van der Waals surface area contributed by atoms with E-state index in [0.717, 1.165) is 28.1 Å². The van der Waals surface area contributed by atoms with E-state index in [0.29, 0.717) is 4.90 Å². The summed E-state index contributed by atoms with van der Waals surface area (Å²) in [5.74, 6) is 0. The molecular formula is C26H30N2O2S. The summed E-state index contributed by atoms with van der Waals surface area (Å²) in [7, 11) is 4.31. The number of sulfone groups is 1. The second-order valence-electron chi connectivity index (χ2n) is 8.11. The third-order valence-corrected chi connectivity index (χ3v) is 7.32. The number of aryl methyl sites for hydroxylation is 1. The minimum atomic E-state index is -3.60. The lowest BCUT2D eigenvalue weighted by atomic mass is 10.1. The largest absolute Gasteiger partial charge is 0.378 e. The molecule has 0 spiro atoms. The van der Waals surface area contributed by atoms with Gasteiger partial charge in [-0.2, -0.15) is 0 Å². The molecule has 3 aromatic carbocycles. The van der Waals surface area contributed by atoms with Crippen LogP contribution in [0.5, 0.6) is 0 Å². The van der Waals surface area contributed by atoms with Gasteiger partial charge in [-0.05, 0) is 54.4 Å². The number of rotatable bonds is 7. The molecule has 0 saturated heterocycles. The Bertz CT molecular complexity index is 1130. The third kappa shape index (κ3) is 5.36. The third-order valence-electron chi connectivity index (χ3n) is 5.29. The number of anilines is 2. The molecule has 3 aromatic rings. The average Bonchev–Trinajstić information content (AvgIpc) is 2.74. The quantitative estimate of drug-likeness (QED) is 0.502. The van der Waals surface area contributed by atoms with E-state index < -0.39 is 15.1 Å². The summed E-state index contributed by atoms with van der Waals surface area (Å²) in [5, 5.41) is -0.778. The van der Waals surface area contributed by atoms with Crippen molar-refractivity contribution in [1.82, 2.24) is 0 Å². The summed E-state index contributed by atoms with van der Waals surface area (Å²) in [6.45, 7) is 1.95. The smallest absolute Gasteiger partial charge is 0.188 e. The maximum atomic E-state index is 13.6. The first-order chi connectivity index (χ1) is 14.7. The molecule has 5 heteroatoms. The summed E-state index contributed by atoms with van der Waals surface area (Å²) in [6.07, 6.45) is 3.67. The fourth-order valence-electron chi connectivity index (χ4n) is 3.31. The van der Waals surface area contributed by atoms with Crippen molar-refractivity contribution < 1.29 is 8.42 Å². The van der Waals surface area contributed by atoms with Crippen LogP contribution in [0.4, 0.5) is 11.4 Å². The van der Waals surface area contributed by atoms with Gasteiger partial charge in [0.05, 0.1) is 4.90 Å². The number of nitrogens with zero attached hydrogens (tertiary/aromatic N) is 2. The summed E-state index contributed by atoms with van der Waals surface area (Å²) in [4.78, 5) is 4.35. The molecule has 1 unspecified atom stereocenters. The van der Waals surface area contributed by atoms with E-state index in [4.69, 9.17) is 0 Å². The van der Waals surface area contributed by atoms with Crippen LogP contribution in [0.2, 0.25) is 0 Å². The van der Waals surface area contributed by atoms with E-state index in [1.807, 2.05) is 112 Å². The Labute approximate surface area is 186 Å². The van der Waals surface area contributed by atoms with Crippen LogP contribution in [0.25, 0.3) is 6.08 Å². The lowest BCUT2D eigenvalue weighted by molar-refractivity contribution is 0.590. The molecule has 0 N–H and O–H groups in total. The lowest BCUT2D eigenvalue weighted by Gasteiger charge is -2.18. The molecule has 162 valence electrons. The fraction of sp³-hybridized carbons (Fsp3) is 0.231. The Hall–Kier alpha value is -3.05. The molecule has 0 bridgehead atoms. The molecule has 1 atom stereocenters. The van der Waals surface area contributed by atoms with Gasteiger partial charge in [-0.15, -0.1) is 0 Å². The van der Waals surface area contributed by atoms with E-state index in [2.05, 4.69) is 0 Å². The van der Waals surface area contributed by atoms with Gasteiger partial charge in [0.1, 0.15) is 5.25 Å². The zero-order chi connectivity index (χ0) is 22.6. The second kappa shape index (κ2) is 9.40. The van der Waals surface area contributed by atoms with Gasteiger partial charge in [0.25, 0.3) is 0 Å². The highest BCUT2D eigenvalue weighted by Crippen LogP contribution is 2.32. The van der Waals surface area contributed by atoms with Gasteiger partial charge < -0.3 is 9.80 Å². The molecule has 0 saturated carbocycles. The predicted molar refractivity (Wildman–Crippen MR) is 132 cm³/mol. The molecule has 0 aliphatic rings. The summed E-state index contributed by atoms with van der Waals surface area (Å²) >= 11 is 0. The lowest BCUT2D eigenvalue weighted by Crippen LogP contribution is -2.13. The van der Waals surface area contributed by atoms with Gasteiger partial charge in [-0.1, -0.05) is 54.1 Å². The van der Waals surface area contributed by atoms with Crippen molar-refractivity contribution in [2.24, 2.45) is 0 Å². The van der Waals surface area contributed by atoms with Crippen molar-refractivity contribution in [2.45, 2.75) is 17.1 Å². The first kappa shape index (κ1) is 22.6. The molecule has 0 amide bonds. The predicted octanol–water partition coefficient (Wildman–Crippen LogP) is 5.36. The Morgan fingerprint density at radius 1 is 0.710 bits per heavy atom. The first-order valence-electron chi connectivity index (χ1n) is 10.2. The van der Waals surface area contributed by atoms with Crippen molar-refractivity contribution in [2.75, 3.05) is 38.0 Å². The van der Waals surface area contributed by atoms with Crippen LogP contribution in [-0.2, 0) is 9.84 Å². The number of hydrogen-bond acceptors (Lipinski definition) is 4. The van der Waals surface area contributed by atoms with Crippen LogP contribution in [-0.4, -0.2) is 36.6 Å². The fourth-order valence-corrected chi connectivity index (χ4v) is 4.92. The minimum absolute atomic E-state index is 0.326. The average molecular weight is 435 g/mol. The van der Waals surface area contributed by atoms with Crippen molar-refractivity contribution in [3.8, 4) is 0 Å². The molecule has 4 nitrogen and oxygen atoms in total. The molecule has 0 aromatic heterocycles. The minimum Gasteiger partial charge on any atom is -0.378 e. The van der Waals surface area contributed by atoms with Crippen molar-refractivity contribution >= 4 is 27.3 Å². The van der Waals surface area contributed by atoms with Gasteiger partial charge in [-0.25, -0.2) is 8.42 Å². The van der Waals surface area contributed by atoms with Crippen LogP contribution in [0.1, 0.15) is 21.9 Å². The maximum Gasteiger partial charge on any atom is 0.188 e. The van der Waals surface area contributed by atoms with E-state index in [1.165, 1.54) is 0 Å². The normalized spacial score (nSPS) is 12.7. The van der Waals surface area contributed by atoms with Gasteiger partial charge in [-0.3, -0.25) is 0 Å². The van der Waals surface area contributed by atoms with Crippen LogP contribution in [0, 0.1) is 6.92 Å². The van der Waals surface area contributed by atoms with Gasteiger partial charge in [0.2, 0.25) is 0 Å². The van der Waals surface area contributed by atoms with Crippen molar-refractivity contribution in [3.05, 3.63) is 95.6 Å². The summed E-state index contributed by atoms with van der Waals surface area (Å²) < 4.78 is 27.1. The SMILES string of the molecule is Cc1ccc(S(=O)(=O)C(C=Cc2ccc(N(C)C)cc2)c2ccc(N(C)C)cc2)cc1. The molecule has 0 aliphatic carbocycles. The van der Waals surface area contributed by atoms with E-state index in [-0.39, 0.29) is 0 Å². The first-order valence-corrected chi connectivity index (χ1v) is 11.8. The Kier molecular flexibility index (Phi) is 6.86. The van der Waals surface area contributed by atoms with Crippen LogP contribution in [0.15, 0.2) is 83.8 Å². The van der Waals surface area contributed by atoms with Crippen LogP contribution < -0.4 is 9.80 Å². The highest BCUT2D eigenvalue weighted by Gasteiger charge is 2.27. The van der Waals surface area contributed by atoms with E-state index in [9.17, 15) is 8.42 Å². The maximum absolute atomic E-state index is 13.6. The Balaban J connectivity index is 2.02. The summed E-state index contributed by atoms with van der Waals surface area (Å²) in [6, 6.07) is 22.8. The van der Waals surface area contributed by atoms with Crippen LogP contribution >= 0.6 is 0 Å². The van der Waals surface area contributed by atoms with E-state index >= 15 is 0 Å². The Morgan fingerprint density at radius 2 is 1.19 bits per heavy atom. The van der Waals surface area contributed by atoms with Gasteiger partial charge in [0, 0.05) is 39.6 Å². The molecule has 0 aliphatic heterocycles. The number of benzene rings is 3. The molecular weight excluding hydrogens is 404 g/mol. The molecule has 0 heterocycles. The zero-order valence-corrected chi connectivity index (χ0v) is 19.6. The standard InChI is InChI=1S/C26H30N2O2S/c1-20-6-17-25(18-7-20)31(29,30)26(22-11-15-24(16-12-22)28(4)5)19-10-21-8-13-23(14-9-21)27(2)3/h6-19,26H,1-5H3. The van der Waals surface area contributed by atoms with E-state index in [1.54, 1.807) is 18.2 Å². The molecule has 31 heavy (non-hydrogen) atoms. The summed E-state index contributed by atoms with van der Waals surface area (Å²) in [5.41, 5.74) is 4.85. The van der Waals surface area contributed by atoms with Gasteiger partial charge in [0.15, 0.2) is 9.84 Å². The van der Waals surface area contributed by atoms with Crippen molar-refractivity contribution in [3.63, 3.8) is 0 Å².